The molecule has 3 atom stereocenters. The summed E-state index contributed by atoms with van der Waals surface area (Å²) >= 11 is 0. The second-order valence-electron chi connectivity index (χ2n) is 9.13. The molecule has 0 bridgehead atoms. The van der Waals surface area contributed by atoms with Crippen LogP contribution in [0.1, 0.15) is 44.5 Å². The zero-order valence-electron chi connectivity index (χ0n) is 20.5. The second kappa shape index (κ2) is 9.78. The lowest BCUT2D eigenvalue weighted by Gasteiger charge is -2.48. The first-order valence-corrected chi connectivity index (χ1v) is 11.8. The van der Waals surface area contributed by atoms with Crippen LogP contribution in [0.15, 0.2) is 41.2 Å². The number of nitrogens with one attached hydrogen (secondary N) is 1. The highest BCUT2D eigenvalue weighted by Crippen LogP contribution is 2.33. The number of nitriles is 1. The average molecular weight is 500 g/mol. The van der Waals surface area contributed by atoms with Gasteiger partial charge in [-0.05, 0) is 50.1 Å². The molecule has 36 heavy (non-hydrogen) atoms. The molecule has 0 amide bonds. The molecule has 8 nitrogen and oxygen atoms in total. The number of benzene rings is 1. The van der Waals surface area contributed by atoms with Gasteiger partial charge < -0.3 is 4.90 Å². The lowest BCUT2D eigenvalue weighted by molar-refractivity contribution is -0.0999. The molecule has 0 saturated carbocycles. The number of aryl methyl sites for hydroxylation is 1. The van der Waals surface area contributed by atoms with Crippen molar-refractivity contribution in [3.63, 3.8) is 0 Å². The Balaban J connectivity index is 1.63. The number of piperazine rings is 1. The van der Waals surface area contributed by atoms with Crippen molar-refractivity contribution in [1.29, 1.82) is 5.26 Å². The fraction of sp³-hybridized carbons (Fsp3) is 0.440. The zero-order valence-corrected chi connectivity index (χ0v) is 20.5. The van der Waals surface area contributed by atoms with Crippen molar-refractivity contribution in [2.24, 2.45) is 7.05 Å². The van der Waals surface area contributed by atoms with E-state index in [1.165, 1.54) is 22.0 Å². The van der Waals surface area contributed by atoms with Crippen LogP contribution in [-0.4, -0.2) is 50.9 Å². The Morgan fingerprint density at radius 3 is 2.47 bits per heavy atom. The lowest BCUT2D eigenvalue weighted by atomic mass is 9.98. The molecule has 4 rings (SSSR count). The van der Waals surface area contributed by atoms with Crippen LogP contribution in [0, 0.1) is 11.3 Å². The van der Waals surface area contributed by atoms with Gasteiger partial charge in [-0.2, -0.15) is 23.4 Å². The molecule has 1 aliphatic rings. The van der Waals surface area contributed by atoms with Gasteiger partial charge in [0.1, 0.15) is 17.3 Å². The van der Waals surface area contributed by atoms with Crippen molar-refractivity contribution in [2.45, 2.75) is 51.6 Å². The first kappa shape index (κ1) is 25.4. The van der Waals surface area contributed by atoms with Crippen molar-refractivity contribution in [3.8, 4) is 6.07 Å². The molecule has 3 aromatic rings. The van der Waals surface area contributed by atoms with Gasteiger partial charge in [-0.3, -0.25) is 14.8 Å². The summed E-state index contributed by atoms with van der Waals surface area (Å²) in [6.45, 7) is 7.41. The molecule has 0 radical (unpaired) electrons. The Kier molecular flexibility index (Phi) is 6.91. The highest BCUT2D eigenvalue weighted by Gasteiger charge is 2.36. The van der Waals surface area contributed by atoms with Gasteiger partial charge in [-0.25, -0.2) is 9.78 Å². The highest BCUT2D eigenvalue weighted by molar-refractivity contribution is 5.86. The highest BCUT2D eigenvalue weighted by atomic mass is 19.4. The average Bonchev–Trinajstić information content (AvgIpc) is 2.85. The SMILES string of the molecule is CCC1CN(c2nc(=O)n(C)c3ccc(C#N)nc23)C(C)CN1C(C)c1ccc(NC(F)(F)F)cc1. The number of rotatable bonds is 5. The Labute approximate surface area is 207 Å². The monoisotopic (exact) mass is 499 g/mol. The molecule has 2 aromatic heterocycles. The number of aromatic nitrogens is 3. The van der Waals surface area contributed by atoms with Gasteiger partial charge in [0.25, 0.3) is 0 Å². The van der Waals surface area contributed by atoms with Gasteiger partial charge >= 0.3 is 12.0 Å². The van der Waals surface area contributed by atoms with Crippen molar-refractivity contribution < 1.29 is 13.2 Å². The first-order valence-electron chi connectivity index (χ1n) is 11.8. The van der Waals surface area contributed by atoms with Crippen LogP contribution in [0.3, 0.4) is 0 Å². The van der Waals surface area contributed by atoms with Gasteiger partial charge in [0.05, 0.1) is 5.52 Å². The molecule has 3 heterocycles. The zero-order chi connectivity index (χ0) is 26.2. The molecule has 0 aliphatic carbocycles. The summed E-state index contributed by atoms with van der Waals surface area (Å²) in [5, 5.41) is 10.9. The quantitative estimate of drug-likeness (QED) is 0.527. The van der Waals surface area contributed by atoms with Gasteiger partial charge in [-0.1, -0.05) is 19.1 Å². The molecule has 1 fully saturated rings. The third-order valence-electron chi connectivity index (χ3n) is 6.85. The summed E-state index contributed by atoms with van der Waals surface area (Å²) in [6, 6.07) is 11.7. The van der Waals surface area contributed by atoms with Crippen LogP contribution in [0.5, 0.6) is 0 Å². The van der Waals surface area contributed by atoms with E-state index >= 15 is 0 Å². The molecule has 11 heteroatoms. The molecule has 190 valence electrons. The smallest absolute Gasteiger partial charge is 0.349 e. The van der Waals surface area contributed by atoms with E-state index in [1.807, 2.05) is 13.8 Å². The van der Waals surface area contributed by atoms with Crippen LogP contribution < -0.4 is 15.9 Å². The van der Waals surface area contributed by atoms with E-state index in [0.717, 1.165) is 12.0 Å². The van der Waals surface area contributed by atoms with Gasteiger partial charge in [-0.15, -0.1) is 0 Å². The number of nitrogens with zero attached hydrogens (tertiary/aromatic N) is 6. The minimum absolute atomic E-state index is 0.00322. The van der Waals surface area contributed by atoms with Crippen LogP contribution in [0.25, 0.3) is 11.0 Å². The van der Waals surface area contributed by atoms with E-state index in [2.05, 4.69) is 32.8 Å². The molecular weight excluding hydrogens is 471 g/mol. The molecule has 1 aliphatic heterocycles. The molecule has 3 unspecified atom stereocenters. The molecule has 1 N–H and O–H groups in total. The van der Waals surface area contributed by atoms with E-state index in [1.54, 1.807) is 31.3 Å². The van der Waals surface area contributed by atoms with E-state index in [-0.39, 0.29) is 29.5 Å². The van der Waals surface area contributed by atoms with Gasteiger partial charge in [0.2, 0.25) is 0 Å². The predicted molar refractivity (Wildman–Crippen MR) is 132 cm³/mol. The molecular formula is C25H28F3N7O. The Bertz CT molecular complexity index is 1350. The predicted octanol–water partition coefficient (Wildman–Crippen LogP) is 4.18. The summed E-state index contributed by atoms with van der Waals surface area (Å²) in [6.07, 6.45) is -3.66. The van der Waals surface area contributed by atoms with Crippen molar-refractivity contribution in [3.05, 3.63) is 58.1 Å². The molecule has 1 aromatic carbocycles. The van der Waals surface area contributed by atoms with Crippen LogP contribution in [0.2, 0.25) is 0 Å². The number of pyridine rings is 1. The van der Waals surface area contributed by atoms with Crippen LogP contribution in [-0.2, 0) is 7.05 Å². The number of alkyl halides is 3. The number of halogens is 3. The maximum absolute atomic E-state index is 12.6. The number of hydrogen-bond donors (Lipinski definition) is 1. The van der Waals surface area contributed by atoms with Crippen LogP contribution >= 0.6 is 0 Å². The van der Waals surface area contributed by atoms with Crippen molar-refractivity contribution >= 4 is 22.5 Å². The number of hydrogen-bond acceptors (Lipinski definition) is 7. The third-order valence-corrected chi connectivity index (χ3v) is 6.85. The number of fused-ring (bicyclic) bond motifs is 1. The Morgan fingerprint density at radius 2 is 1.86 bits per heavy atom. The summed E-state index contributed by atoms with van der Waals surface area (Å²) < 4.78 is 39.3. The maximum atomic E-state index is 12.6. The standard InChI is InChI=1S/C25H28F3N7O/c1-5-20-14-34(23-22-21(33(4)24(36)31-23)11-10-19(12-29)30-22)15(2)13-35(20)16(3)17-6-8-18(9-7-17)32-25(26,27)28/h6-11,15-16,20,32H,5,13-14H2,1-4H3. The van der Waals surface area contributed by atoms with E-state index in [9.17, 15) is 23.2 Å². The van der Waals surface area contributed by atoms with Crippen molar-refractivity contribution in [1.82, 2.24) is 19.4 Å². The maximum Gasteiger partial charge on any atom is 0.482 e. The fourth-order valence-electron chi connectivity index (χ4n) is 4.87. The van der Waals surface area contributed by atoms with E-state index in [0.29, 0.717) is 29.9 Å². The molecule has 1 saturated heterocycles. The molecule has 0 spiro atoms. The summed E-state index contributed by atoms with van der Waals surface area (Å²) in [7, 11) is 1.63. The Hall–Kier alpha value is -3.65. The summed E-state index contributed by atoms with van der Waals surface area (Å²) in [5.41, 5.74) is 1.88. The Morgan fingerprint density at radius 1 is 1.17 bits per heavy atom. The topological polar surface area (TPSA) is 90.1 Å². The van der Waals surface area contributed by atoms with E-state index in [4.69, 9.17) is 0 Å². The van der Waals surface area contributed by atoms with E-state index < -0.39 is 12.0 Å². The minimum atomic E-state index is -4.48. The second-order valence-corrected chi connectivity index (χ2v) is 9.13. The van der Waals surface area contributed by atoms with Crippen molar-refractivity contribution in [2.75, 3.05) is 23.3 Å². The largest absolute Gasteiger partial charge is 0.482 e. The summed E-state index contributed by atoms with van der Waals surface area (Å²) in [4.78, 5) is 25.8. The third kappa shape index (κ3) is 4.99. The lowest BCUT2D eigenvalue weighted by Crippen LogP contribution is -2.58. The van der Waals surface area contributed by atoms with Crippen LogP contribution in [0.4, 0.5) is 24.7 Å². The summed E-state index contributed by atoms with van der Waals surface area (Å²) in [5.74, 6) is 0.464. The van der Waals surface area contributed by atoms with Gasteiger partial charge in [0, 0.05) is 44.0 Å². The minimum Gasteiger partial charge on any atom is -0.349 e. The first-order chi connectivity index (χ1) is 17.0. The van der Waals surface area contributed by atoms with Gasteiger partial charge in [0.15, 0.2) is 5.82 Å². The number of anilines is 2. The normalized spacial score (nSPS) is 19.8. The fourth-order valence-corrected chi connectivity index (χ4v) is 4.87.